The van der Waals surface area contributed by atoms with E-state index in [0.717, 1.165) is 31.7 Å². The summed E-state index contributed by atoms with van der Waals surface area (Å²) >= 11 is 0. The van der Waals surface area contributed by atoms with Gasteiger partial charge in [-0.25, -0.2) is 4.39 Å². The lowest BCUT2D eigenvalue weighted by Crippen LogP contribution is -2.53. The van der Waals surface area contributed by atoms with Crippen LogP contribution in [-0.4, -0.2) is 94.2 Å². The van der Waals surface area contributed by atoms with Gasteiger partial charge in [0, 0.05) is 74.3 Å². The van der Waals surface area contributed by atoms with Crippen LogP contribution in [0.3, 0.4) is 0 Å². The number of hydrogen-bond acceptors (Lipinski definition) is 7. The van der Waals surface area contributed by atoms with Gasteiger partial charge in [0.1, 0.15) is 11.6 Å². The Labute approximate surface area is 343 Å². The number of aromatic nitrogens is 1. The normalized spacial score (nSPS) is 15.6. The van der Waals surface area contributed by atoms with E-state index in [1.165, 1.54) is 60.0 Å². The summed E-state index contributed by atoms with van der Waals surface area (Å²) in [5, 5.41) is 21.8. The minimum absolute atomic E-state index is 0. The van der Waals surface area contributed by atoms with Gasteiger partial charge in [-0.1, -0.05) is 42.5 Å². The number of carbonyl (C=O) groups excluding carboxylic acids is 2. The quantitative estimate of drug-likeness (QED) is 0.162. The van der Waals surface area contributed by atoms with Crippen LogP contribution in [0, 0.1) is 5.82 Å². The number of nitrogens with zero attached hydrogens (tertiary/aromatic N) is 5. The van der Waals surface area contributed by atoms with Crippen molar-refractivity contribution < 1.29 is 28.9 Å². The molecule has 3 heterocycles. The molecular formula is C44H44Cl2FN5O5. The van der Waals surface area contributed by atoms with Crippen LogP contribution in [-0.2, 0) is 13.0 Å². The van der Waals surface area contributed by atoms with Crippen molar-refractivity contribution in [3.63, 3.8) is 0 Å². The Morgan fingerprint density at radius 1 is 0.807 bits per heavy atom. The van der Waals surface area contributed by atoms with E-state index in [2.05, 4.69) is 29.0 Å². The van der Waals surface area contributed by atoms with Crippen LogP contribution in [0.2, 0.25) is 0 Å². The largest absolute Gasteiger partial charge is 0.508 e. The second-order valence-corrected chi connectivity index (χ2v) is 14.3. The van der Waals surface area contributed by atoms with E-state index >= 15 is 4.79 Å². The highest BCUT2D eigenvalue weighted by Gasteiger charge is 2.35. The van der Waals surface area contributed by atoms with Crippen LogP contribution in [0.5, 0.6) is 17.2 Å². The number of benzene rings is 5. The predicted octanol–water partition coefficient (Wildman–Crippen LogP) is 7.83. The first-order valence-electron chi connectivity index (χ1n) is 18.4. The summed E-state index contributed by atoms with van der Waals surface area (Å²) in [6, 6.07) is 30.4. The molecule has 0 aliphatic carbocycles. The Hall–Kier alpha value is -5.59. The number of aromatic hydroxyl groups is 2. The number of phenols is 2. The first-order chi connectivity index (χ1) is 26.7. The topological polar surface area (TPSA) is 102 Å². The molecule has 1 aromatic heterocycles. The number of likely N-dealkylation sites (N-methyl/N-ethyl adjacent to an activating group) is 1. The van der Waals surface area contributed by atoms with Crippen LogP contribution >= 0.6 is 24.8 Å². The van der Waals surface area contributed by atoms with Crippen LogP contribution in [0.15, 0.2) is 115 Å². The molecule has 10 nitrogen and oxygen atoms in total. The van der Waals surface area contributed by atoms with E-state index in [-0.39, 0.29) is 59.6 Å². The number of fused-ring (bicyclic) bond motifs is 2. The smallest absolute Gasteiger partial charge is 0.265 e. The Morgan fingerprint density at radius 3 is 2.12 bits per heavy atom. The Morgan fingerprint density at radius 2 is 1.44 bits per heavy atom. The molecule has 2 amide bonds. The van der Waals surface area contributed by atoms with Gasteiger partial charge in [-0.15, -0.1) is 24.8 Å². The SMILES string of the molecule is COc1cc(-n2cc(C(=O)N(c3ccc(O)cc3)c3ccc(F)cc3)c3ccccc32)c(C(=O)N2Cc3ccccc3C[C@H]2CN2CCN(C)CC2)cc1O.Cl.Cl. The maximum atomic E-state index is 15.1. The number of halogens is 3. The number of anilines is 2. The molecule has 6 aromatic rings. The van der Waals surface area contributed by atoms with Gasteiger partial charge >= 0.3 is 0 Å². The fourth-order valence-corrected chi connectivity index (χ4v) is 7.81. The summed E-state index contributed by atoms with van der Waals surface area (Å²) in [7, 11) is 3.58. The molecule has 0 spiro atoms. The first-order valence-corrected chi connectivity index (χ1v) is 18.4. The molecular weight excluding hydrogens is 768 g/mol. The van der Waals surface area contributed by atoms with Gasteiger partial charge in [0.15, 0.2) is 11.5 Å². The molecule has 2 aliphatic heterocycles. The van der Waals surface area contributed by atoms with Crippen LogP contribution in [0.25, 0.3) is 16.6 Å². The molecule has 0 radical (unpaired) electrons. The molecule has 5 aromatic carbocycles. The molecule has 0 saturated carbocycles. The van der Waals surface area contributed by atoms with Crippen molar-refractivity contribution >= 4 is 58.9 Å². The third-order valence-electron chi connectivity index (χ3n) is 10.8. The van der Waals surface area contributed by atoms with Crippen molar-refractivity contribution in [2.24, 2.45) is 0 Å². The van der Waals surface area contributed by atoms with Crippen molar-refractivity contribution in [1.29, 1.82) is 0 Å². The molecule has 0 bridgehead atoms. The summed E-state index contributed by atoms with van der Waals surface area (Å²) in [5.41, 5.74) is 4.85. The van der Waals surface area contributed by atoms with Crippen LogP contribution < -0.4 is 9.64 Å². The highest BCUT2D eigenvalue weighted by atomic mass is 35.5. The highest BCUT2D eigenvalue weighted by Crippen LogP contribution is 2.38. The van der Waals surface area contributed by atoms with Gasteiger partial charge in [-0.2, -0.15) is 0 Å². The summed E-state index contributed by atoms with van der Waals surface area (Å²) in [6.45, 7) is 4.87. The molecule has 57 heavy (non-hydrogen) atoms. The predicted molar refractivity (Wildman–Crippen MR) is 225 cm³/mol. The van der Waals surface area contributed by atoms with Crippen molar-refractivity contribution in [2.75, 3.05) is 51.8 Å². The average Bonchev–Trinajstić information content (AvgIpc) is 3.59. The van der Waals surface area contributed by atoms with Crippen molar-refractivity contribution in [1.82, 2.24) is 19.3 Å². The summed E-state index contributed by atoms with van der Waals surface area (Å²) < 4.78 is 21.5. The summed E-state index contributed by atoms with van der Waals surface area (Å²) in [5.74, 6) is -1.07. The number of amides is 2. The third-order valence-corrected chi connectivity index (χ3v) is 10.8. The number of rotatable bonds is 8. The van der Waals surface area contributed by atoms with Crippen molar-refractivity contribution in [2.45, 2.75) is 19.0 Å². The summed E-state index contributed by atoms with van der Waals surface area (Å²) in [6.07, 6.45) is 2.40. The number of para-hydroxylation sites is 1. The summed E-state index contributed by atoms with van der Waals surface area (Å²) in [4.78, 5) is 38.0. The molecule has 8 rings (SSSR count). The molecule has 1 fully saturated rings. The number of ether oxygens (including phenoxy) is 1. The minimum Gasteiger partial charge on any atom is -0.508 e. The lowest BCUT2D eigenvalue weighted by atomic mass is 9.92. The lowest BCUT2D eigenvalue weighted by molar-refractivity contribution is 0.0535. The average molecular weight is 813 g/mol. The minimum atomic E-state index is -0.445. The Bertz CT molecular complexity index is 2340. The van der Waals surface area contributed by atoms with E-state index in [1.54, 1.807) is 29.0 Å². The van der Waals surface area contributed by atoms with Gasteiger partial charge in [0.2, 0.25) is 0 Å². The van der Waals surface area contributed by atoms with Gasteiger partial charge in [0.25, 0.3) is 11.8 Å². The zero-order chi connectivity index (χ0) is 38.2. The number of hydrogen-bond donors (Lipinski definition) is 2. The number of piperazine rings is 1. The van der Waals surface area contributed by atoms with Gasteiger partial charge in [-0.3, -0.25) is 19.4 Å². The fraction of sp³-hybridized carbons (Fsp3) is 0.227. The molecule has 1 saturated heterocycles. The monoisotopic (exact) mass is 811 g/mol. The second-order valence-electron chi connectivity index (χ2n) is 14.3. The molecule has 2 N–H and O–H groups in total. The third kappa shape index (κ3) is 8.15. The van der Waals surface area contributed by atoms with Crippen LogP contribution in [0.4, 0.5) is 15.8 Å². The molecule has 1 atom stereocenters. The molecule has 13 heteroatoms. The van der Waals surface area contributed by atoms with Gasteiger partial charge in [0.05, 0.1) is 29.4 Å². The van der Waals surface area contributed by atoms with E-state index in [0.29, 0.717) is 53.0 Å². The van der Waals surface area contributed by atoms with Gasteiger partial charge < -0.3 is 29.3 Å². The molecule has 0 unspecified atom stereocenters. The zero-order valence-electron chi connectivity index (χ0n) is 31.5. The standard InChI is InChI=1S/C44H42FN5O5.2ClH/c1-46-19-21-47(22-20-46)27-34-23-29-7-3-4-8-30(29)26-48(34)43(53)37-24-41(52)42(55-2)25-40(37)49-28-38(36-9-5-6-10-39(36)49)44(54)50(32-13-11-31(45)12-14-32)33-15-17-35(51)18-16-33;;/h3-18,24-25,28,34,51-52H,19-23,26-27H2,1-2H3;2*1H/t34-;;/m0../s1. The number of methoxy groups -OCH3 is 1. The zero-order valence-corrected chi connectivity index (χ0v) is 33.2. The maximum Gasteiger partial charge on any atom is 0.265 e. The number of phenolic OH excluding ortho intramolecular Hbond substituents is 2. The molecule has 296 valence electrons. The highest BCUT2D eigenvalue weighted by molar-refractivity contribution is 6.17. The van der Waals surface area contributed by atoms with E-state index in [4.69, 9.17) is 4.74 Å². The van der Waals surface area contributed by atoms with Gasteiger partial charge in [-0.05, 0) is 85.3 Å². The molecule has 2 aliphatic rings. The van der Waals surface area contributed by atoms with Crippen LogP contribution in [0.1, 0.15) is 31.8 Å². The van der Waals surface area contributed by atoms with Crippen molar-refractivity contribution in [3.05, 3.63) is 143 Å². The number of carbonyl (C=O) groups is 2. The first kappa shape index (κ1) is 41.1. The second kappa shape index (κ2) is 17.3. The fourth-order valence-electron chi connectivity index (χ4n) is 7.81. The maximum absolute atomic E-state index is 15.1. The van der Waals surface area contributed by atoms with Crippen molar-refractivity contribution in [3.8, 4) is 22.9 Å². The van der Waals surface area contributed by atoms with E-state index in [9.17, 15) is 19.4 Å². The van der Waals surface area contributed by atoms with E-state index in [1.807, 2.05) is 41.3 Å². The lowest BCUT2D eigenvalue weighted by Gasteiger charge is -2.41. The van der Waals surface area contributed by atoms with E-state index < -0.39 is 11.7 Å². The Kier molecular flexibility index (Phi) is 12.4. The Balaban J connectivity index is 0.00000275.